The molecule has 0 bridgehead atoms. The number of carbonyl (C=O) groups is 1. The van der Waals surface area contributed by atoms with E-state index in [-0.39, 0.29) is 11.5 Å². The monoisotopic (exact) mass is 342 g/mol. The first-order chi connectivity index (χ1) is 12.2. The molecule has 2 saturated heterocycles. The molecule has 1 amide bonds. The number of hydrogen-bond acceptors (Lipinski definition) is 5. The van der Waals surface area contributed by atoms with Gasteiger partial charge < -0.3 is 18.8 Å². The third-order valence-electron chi connectivity index (χ3n) is 5.20. The molecule has 0 unspecified atom stereocenters. The van der Waals surface area contributed by atoms with E-state index in [9.17, 15) is 4.79 Å². The second-order valence-electron chi connectivity index (χ2n) is 6.86. The average molecular weight is 342 g/mol. The number of carbonyl (C=O) groups excluding carboxylic acids is 1. The highest BCUT2D eigenvalue weighted by molar-refractivity contribution is 5.93. The topological polar surface area (TPSA) is 64.8 Å². The molecule has 6 heteroatoms. The molecule has 2 aliphatic heterocycles. The maximum absolute atomic E-state index is 12.5. The Balaban J connectivity index is 1.32. The largest absolute Gasteiger partial charge is 0.459 e. The maximum Gasteiger partial charge on any atom is 0.290 e. The molecule has 2 aromatic rings. The van der Waals surface area contributed by atoms with Crippen molar-refractivity contribution < 1.29 is 18.7 Å². The van der Waals surface area contributed by atoms with E-state index in [0.717, 1.165) is 24.2 Å². The van der Waals surface area contributed by atoms with Gasteiger partial charge in [-0.05, 0) is 37.1 Å². The lowest BCUT2D eigenvalue weighted by Gasteiger charge is -2.49. The van der Waals surface area contributed by atoms with Crippen LogP contribution in [-0.4, -0.2) is 47.7 Å². The number of furan rings is 1. The minimum atomic E-state index is -0.256. The summed E-state index contributed by atoms with van der Waals surface area (Å²) in [5, 5.41) is 0. The summed E-state index contributed by atoms with van der Waals surface area (Å²) in [5.41, 5.74) is 1.73. The summed E-state index contributed by atoms with van der Waals surface area (Å²) in [6, 6.07) is 5.72. The molecule has 1 spiro atoms. The van der Waals surface area contributed by atoms with E-state index >= 15 is 0 Å². The van der Waals surface area contributed by atoms with Crippen molar-refractivity contribution in [1.82, 2.24) is 9.88 Å². The number of nitrogens with zero attached hydrogens (tertiary/aromatic N) is 2. The first-order valence-electron chi connectivity index (χ1n) is 8.62. The normalized spacial score (nSPS) is 21.5. The van der Waals surface area contributed by atoms with Crippen molar-refractivity contribution in [2.75, 3.05) is 26.3 Å². The van der Waals surface area contributed by atoms with Gasteiger partial charge in [-0.15, -0.1) is 0 Å². The second kappa shape index (κ2) is 6.61. The van der Waals surface area contributed by atoms with E-state index in [2.05, 4.69) is 4.98 Å². The third-order valence-corrected chi connectivity index (χ3v) is 5.20. The molecule has 0 radical (unpaired) electrons. The first-order valence-corrected chi connectivity index (χ1v) is 8.62. The zero-order valence-electron chi connectivity index (χ0n) is 14.3. The number of aromatic nitrogens is 1. The van der Waals surface area contributed by atoms with Crippen molar-refractivity contribution in [1.29, 1.82) is 0 Å². The SMILES string of the molecule is Cc1ccoc1C(=O)N1CC2(C1)OCC[C@@H]2COCc1ccncc1. The number of hydrogen-bond donors (Lipinski definition) is 0. The van der Waals surface area contributed by atoms with Gasteiger partial charge in [-0.25, -0.2) is 0 Å². The zero-order valence-corrected chi connectivity index (χ0v) is 14.3. The molecule has 0 aliphatic carbocycles. The van der Waals surface area contributed by atoms with Gasteiger partial charge in [0.15, 0.2) is 5.76 Å². The molecule has 4 rings (SSSR count). The van der Waals surface area contributed by atoms with E-state index < -0.39 is 0 Å². The number of rotatable bonds is 5. The van der Waals surface area contributed by atoms with Gasteiger partial charge in [0.1, 0.15) is 5.60 Å². The van der Waals surface area contributed by atoms with Crippen LogP contribution in [0.25, 0.3) is 0 Å². The number of pyridine rings is 1. The molecule has 2 fully saturated rings. The maximum atomic E-state index is 12.5. The van der Waals surface area contributed by atoms with Gasteiger partial charge in [-0.1, -0.05) is 0 Å². The van der Waals surface area contributed by atoms with Crippen molar-refractivity contribution >= 4 is 5.91 Å². The summed E-state index contributed by atoms with van der Waals surface area (Å²) in [7, 11) is 0. The van der Waals surface area contributed by atoms with E-state index in [4.69, 9.17) is 13.9 Å². The molecule has 6 nitrogen and oxygen atoms in total. The molecule has 4 heterocycles. The van der Waals surface area contributed by atoms with Gasteiger partial charge >= 0.3 is 0 Å². The zero-order chi connectivity index (χ0) is 17.3. The Morgan fingerprint density at radius 1 is 1.36 bits per heavy atom. The summed E-state index contributed by atoms with van der Waals surface area (Å²) in [5.74, 6) is 0.689. The van der Waals surface area contributed by atoms with Gasteiger partial charge in [0.2, 0.25) is 0 Å². The van der Waals surface area contributed by atoms with Crippen molar-refractivity contribution in [3.8, 4) is 0 Å². The third kappa shape index (κ3) is 3.07. The predicted molar refractivity (Wildman–Crippen MR) is 90.0 cm³/mol. The van der Waals surface area contributed by atoms with Crippen molar-refractivity contribution in [3.63, 3.8) is 0 Å². The molecule has 0 aromatic carbocycles. The lowest BCUT2D eigenvalue weighted by Crippen LogP contribution is -2.66. The Labute approximate surface area is 146 Å². The molecule has 0 saturated carbocycles. The predicted octanol–water partition coefficient (Wildman–Crippen LogP) is 2.43. The molecule has 25 heavy (non-hydrogen) atoms. The van der Waals surface area contributed by atoms with Gasteiger partial charge in [-0.3, -0.25) is 9.78 Å². The molecule has 1 atom stereocenters. The molecule has 2 aliphatic rings. The van der Waals surface area contributed by atoms with Crippen LogP contribution in [0.3, 0.4) is 0 Å². The second-order valence-corrected chi connectivity index (χ2v) is 6.86. The molecular weight excluding hydrogens is 320 g/mol. The van der Waals surface area contributed by atoms with Crippen LogP contribution < -0.4 is 0 Å². The van der Waals surface area contributed by atoms with Gasteiger partial charge in [0, 0.05) is 30.5 Å². The molecular formula is C19H22N2O4. The Morgan fingerprint density at radius 2 is 2.16 bits per heavy atom. The highest BCUT2D eigenvalue weighted by Crippen LogP contribution is 2.40. The summed E-state index contributed by atoms with van der Waals surface area (Å²) in [4.78, 5) is 18.3. The Kier molecular flexibility index (Phi) is 4.31. The van der Waals surface area contributed by atoms with E-state index in [1.54, 1.807) is 23.6 Å². The fraction of sp³-hybridized carbons (Fsp3) is 0.474. The number of ether oxygens (including phenoxy) is 2. The molecule has 2 aromatic heterocycles. The Morgan fingerprint density at radius 3 is 2.88 bits per heavy atom. The smallest absolute Gasteiger partial charge is 0.290 e. The lowest BCUT2D eigenvalue weighted by atomic mass is 9.81. The molecule has 0 N–H and O–H groups in total. The van der Waals surface area contributed by atoms with Gasteiger partial charge in [0.25, 0.3) is 5.91 Å². The fourth-order valence-corrected chi connectivity index (χ4v) is 3.65. The first kappa shape index (κ1) is 16.3. The van der Waals surface area contributed by atoms with Gasteiger partial charge in [-0.2, -0.15) is 0 Å². The van der Waals surface area contributed by atoms with E-state index in [0.29, 0.717) is 38.0 Å². The van der Waals surface area contributed by atoms with Crippen LogP contribution in [0.2, 0.25) is 0 Å². The van der Waals surface area contributed by atoms with Crippen LogP contribution in [0, 0.1) is 12.8 Å². The summed E-state index contributed by atoms with van der Waals surface area (Å²) in [6.45, 7) is 5.04. The Bertz CT molecular complexity index is 737. The summed E-state index contributed by atoms with van der Waals surface area (Å²) < 4.78 is 17.2. The quantitative estimate of drug-likeness (QED) is 0.835. The van der Waals surface area contributed by atoms with Crippen molar-refractivity contribution in [3.05, 3.63) is 53.7 Å². The highest BCUT2D eigenvalue weighted by Gasteiger charge is 2.54. The van der Waals surface area contributed by atoms with Crippen molar-refractivity contribution in [2.24, 2.45) is 5.92 Å². The number of amides is 1. The lowest BCUT2D eigenvalue weighted by molar-refractivity contribution is -0.129. The minimum absolute atomic E-state index is 0.0555. The average Bonchev–Trinajstić information content (AvgIpc) is 3.20. The summed E-state index contributed by atoms with van der Waals surface area (Å²) in [6.07, 6.45) is 6.06. The molecule has 132 valence electrons. The minimum Gasteiger partial charge on any atom is -0.459 e. The summed E-state index contributed by atoms with van der Waals surface area (Å²) >= 11 is 0. The fourth-order valence-electron chi connectivity index (χ4n) is 3.65. The van der Waals surface area contributed by atoms with Crippen LogP contribution in [-0.2, 0) is 16.1 Å². The van der Waals surface area contributed by atoms with E-state index in [1.807, 2.05) is 25.1 Å². The highest BCUT2D eigenvalue weighted by atomic mass is 16.5. The number of aryl methyl sites for hydroxylation is 1. The van der Waals surface area contributed by atoms with Crippen LogP contribution >= 0.6 is 0 Å². The number of likely N-dealkylation sites (tertiary alicyclic amines) is 1. The van der Waals surface area contributed by atoms with Crippen LogP contribution in [0.5, 0.6) is 0 Å². The van der Waals surface area contributed by atoms with Crippen LogP contribution in [0.15, 0.2) is 41.3 Å². The van der Waals surface area contributed by atoms with E-state index in [1.165, 1.54) is 0 Å². The van der Waals surface area contributed by atoms with Crippen molar-refractivity contribution in [2.45, 2.75) is 25.6 Å². The Hall–Kier alpha value is -2.18. The van der Waals surface area contributed by atoms with Gasteiger partial charge in [0.05, 0.1) is 32.6 Å². The van der Waals surface area contributed by atoms with Crippen LogP contribution in [0.1, 0.15) is 28.1 Å². The standard InChI is InChI=1S/C19H22N2O4/c1-14-4-8-24-17(14)18(22)21-12-19(13-21)16(5-9-25-19)11-23-10-15-2-6-20-7-3-15/h2-4,6-8,16H,5,9-13H2,1H3/t16-/m1/s1. The van der Waals surface area contributed by atoms with Crippen LogP contribution in [0.4, 0.5) is 0 Å².